The molecule has 17 heavy (non-hydrogen) atoms. The Morgan fingerprint density at radius 3 is 2.71 bits per heavy atom. The van der Waals surface area contributed by atoms with E-state index < -0.39 is 18.1 Å². The third-order valence-corrected chi connectivity index (χ3v) is 2.89. The van der Waals surface area contributed by atoms with Crippen LogP contribution in [0.2, 0.25) is 0 Å². The van der Waals surface area contributed by atoms with Crippen LogP contribution in [0.5, 0.6) is 0 Å². The molecule has 0 bridgehead atoms. The minimum absolute atomic E-state index is 0.0167. The van der Waals surface area contributed by atoms with Crippen molar-refractivity contribution >= 4 is 12.0 Å². The van der Waals surface area contributed by atoms with E-state index in [0.717, 1.165) is 6.42 Å². The second-order valence-electron chi connectivity index (χ2n) is 4.08. The van der Waals surface area contributed by atoms with Crippen LogP contribution in [0.1, 0.15) is 13.3 Å². The van der Waals surface area contributed by atoms with E-state index in [9.17, 15) is 9.59 Å². The maximum absolute atomic E-state index is 11.7. The van der Waals surface area contributed by atoms with Gasteiger partial charge in [0.2, 0.25) is 0 Å². The van der Waals surface area contributed by atoms with Crippen LogP contribution < -0.4 is 5.32 Å². The predicted molar refractivity (Wildman–Crippen MR) is 58.6 cm³/mol. The summed E-state index contributed by atoms with van der Waals surface area (Å²) >= 11 is 0. The van der Waals surface area contributed by atoms with Gasteiger partial charge in [0.25, 0.3) is 0 Å². The third kappa shape index (κ3) is 3.57. The van der Waals surface area contributed by atoms with E-state index in [0.29, 0.717) is 6.61 Å². The fourth-order valence-corrected chi connectivity index (χ4v) is 1.78. The van der Waals surface area contributed by atoms with Gasteiger partial charge in [0.15, 0.2) is 6.10 Å². The van der Waals surface area contributed by atoms with Crippen molar-refractivity contribution in [3.63, 3.8) is 0 Å². The van der Waals surface area contributed by atoms with Crippen LogP contribution in [-0.2, 0) is 9.53 Å². The highest BCUT2D eigenvalue weighted by atomic mass is 16.5. The molecule has 7 nitrogen and oxygen atoms in total. The fourth-order valence-electron chi connectivity index (χ4n) is 1.78. The fraction of sp³-hybridized carbons (Fsp3) is 0.800. The Balaban J connectivity index is 2.39. The van der Waals surface area contributed by atoms with Crippen molar-refractivity contribution in [1.82, 2.24) is 10.2 Å². The Hall–Kier alpha value is -1.34. The van der Waals surface area contributed by atoms with Gasteiger partial charge in [0, 0.05) is 13.7 Å². The molecule has 1 saturated heterocycles. The summed E-state index contributed by atoms with van der Waals surface area (Å²) in [5.74, 6) is -1.36. The average molecular weight is 246 g/mol. The lowest BCUT2D eigenvalue weighted by Crippen LogP contribution is -2.48. The Morgan fingerprint density at radius 2 is 2.24 bits per heavy atom. The quantitative estimate of drug-likeness (QED) is 0.606. The smallest absolute Gasteiger partial charge is 0.334 e. The summed E-state index contributed by atoms with van der Waals surface area (Å²) in [6, 6.07) is -0.426. The molecular weight excluding hydrogens is 228 g/mol. The second kappa shape index (κ2) is 5.83. The van der Waals surface area contributed by atoms with Gasteiger partial charge in [-0.05, 0) is 13.3 Å². The largest absolute Gasteiger partial charge is 0.479 e. The summed E-state index contributed by atoms with van der Waals surface area (Å²) in [6.07, 6.45) is -0.855. The number of aliphatic hydroxyl groups excluding tert-OH is 1. The van der Waals surface area contributed by atoms with E-state index in [1.165, 1.54) is 4.90 Å². The molecule has 98 valence electrons. The van der Waals surface area contributed by atoms with Gasteiger partial charge in [0.05, 0.1) is 18.7 Å². The first-order valence-corrected chi connectivity index (χ1v) is 5.46. The van der Waals surface area contributed by atoms with Gasteiger partial charge in [0.1, 0.15) is 0 Å². The van der Waals surface area contributed by atoms with Crippen molar-refractivity contribution in [3.05, 3.63) is 0 Å². The van der Waals surface area contributed by atoms with Gasteiger partial charge in [-0.1, -0.05) is 0 Å². The highest BCUT2D eigenvalue weighted by Gasteiger charge is 2.30. The predicted octanol–water partition coefficient (Wildman–Crippen LogP) is -0.749. The van der Waals surface area contributed by atoms with Crippen LogP contribution in [0, 0.1) is 0 Å². The topological polar surface area (TPSA) is 99.1 Å². The summed E-state index contributed by atoms with van der Waals surface area (Å²) < 4.78 is 5.34. The Labute approximate surface area is 99.4 Å². The number of amides is 2. The minimum Gasteiger partial charge on any atom is -0.479 e. The number of aliphatic hydroxyl groups is 1. The van der Waals surface area contributed by atoms with Gasteiger partial charge in [-0.15, -0.1) is 0 Å². The number of hydrogen-bond donors (Lipinski definition) is 3. The molecule has 1 heterocycles. The molecular formula is C10H18N2O5. The Kier molecular flexibility index (Phi) is 4.71. The van der Waals surface area contributed by atoms with E-state index in [1.54, 1.807) is 7.05 Å². The summed E-state index contributed by atoms with van der Waals surface area (Å²) in [5, 5.41) is 19.8. The molecule has 7 heteroatoms. The number of rotatable bonds is 4. The maximum Gasteiger partial charge on any atom is 0.334 e. The second-order valence-corrected chi connectivity index (χ2v) is 4.08. The minimum atomic E-state index is -1.58. The molecule has 0 aromatic carbocycles. The number of nitrogens with one attached hydrogen (secondary N) is 1. The molecule has 1 fully saturated rings. The number of hydrogen-bond acceptors (Lipinski definition) is 4. The first-order chi connectivity index (χ1) is 7.93. The number of urea groups is 1. The van der Waals surface area contributed by atoms with E-state index in [1.807, 2.05) is 6.92 Å². The van der Waals surface area contributed by atoms with E-state index in [-0.39, 0.29) is 18.7 Å². The summed E-state index contributed by atoms with van der Waals surface area (Å²) in [7, 11) is 1.62. The van der Waals surface area contributed by atoms with Gasteiger partial charge in [-0.25, -0.2) is 9.59 Å². The van der Waals surface area contributed by atoms with E-state index in [2.05, 4.69) is 5.32 Å². The third-order valence-electron chi connectivity index (χ3n) is 2.89. The molecule has 3 unspecified atom stereocenters. The number of carbonyl (C=O) groups is 2. The molecule has 0 radical (unpaired) electrons. The standard InChI is InChI=1S/C10H18N2O5/c1-6-7(3-4-17-6)12(2)10(16)11-5-8(13)9(14)15/h6-8,13H,3-5H2,1-2H3,(H,11,16)(H,14,15). The lowest BCUT2D eigenvalue weighted by molar-refractivity contribution is -0.146. The number of nitrogens with zero attached hydrogens (tertiary/aromatic N) is 1. The van der Waals surface area contributed by atoms with Crippen molar-refractivity contribution < 1.29 is 24.5 Å². The molecule has 0 saturated carbocycles. The molecule has 0 spiro atoms. The normalized spacial score (nSPS) is 25.4. The highest BCUT2D eigenvalue weighted by Crippen LogP contribution is 2.17. The molecule has 3 N–H and O–H groups in total. The van der Waals surface area contributed by atoms with Crippen LogP contribution in [0.4, 0.5) is 4.79 Å². The molecule has 1 rings (SSSR count). The zero-order valence-corrected chi connectivity index (χ0v) is 9.92. The number of carboxylic acids is 1. The molecule has 3 atom stereocenters. The number of carboxylic acid groups (broad SMARTS) is 1. The Morgan fingerprint density at radius 1 is 1.59 bits per heavy atom. The zero-order chi connectivity index (χ0) is 13.0. The zero-order valence-electron chi connectivity index (χ0n) is 9.92. The average Bonchev–Trinajstić information content (AvgIpc) is 2.70. The van der Waals surface area contributed by atoms with Crippen LogP contribution in [0.3, 0.4) is 0 Å². The van der Waals surface area contributed by atoms with E-state index >= 15 is 0 Å². The van der Waals surface area contributed by atoms with Crippen LogP contribution >= 0.6 is 0 Å². The van der Waals surface area contributed by atoms with Crippen molar-refractivity contribution in [2.45, 2.75) is 31.6 Å². The van der Waals surface area contributed by atoms with Crippen LogP contribution in [0.15, 0.2) is 0 Å². The Bertz CT molecular complexity index is 296. The van der Waals surface area contributed by atoms with Gasteiger partial charge in [-0.2, -0.15) is 0 Å². The molecule has 0 aliphatic carbocycles. The summed E-state index contributed by atoms with van der Waals surface area (Å²) in [6.45, 7) is 2.19. The molecule has 1 aliphatic rings. The first-order valence-electron chi connectivity index (χ1n) is 5.46. The summed E-state index contributed by atoms with van der Waals surface area (Å²) in [4.78, 5) is 23.5. The van der Waals surface area contributed by atoms with Crippen LogP contribution in [0.25, 0.3) is 0 Å². The van der Waals surface area contributed by atoms with Crippen LogP contribution in [-0.4, -0.2) is 65.6 Å². The summed E-state index contributed by atoms with van der Waals surface area (Å²) in [5.41, 5.74) is 0. The number of likely N-dealkylation sites (N-methyl/N-ethyl adjacent to an activating group) is 1. The molecule has 1 aliphatic heterocycles. The first kappa shape index (κ1) is 13.7. The SMILES string of the molecule is CC1OCCC1N(C)C(=O)NCC(O)C(=O)O. The van der Waals surface area contributed by atoms with E-state index in [4.69, 9.17) is 14.9 Å². The number of carbonyl (C=O) groups excluding carboxylic acids is 1. The lowest BCUT2D eigenvalue weighted by atomic mass is 10.1. The molecule has 0 aromatic heterocycles. The number of aliphatic carboxylic acids is 1. The number of ether oxygens (including phenoxy) is 1. The van der Waals surface area contributed by atoms with Gasteiger partial charge >= 0.3 is 12.0 Å². The van der Waals surface area contributed by atoms with Crippen molar-refractivity contribution in [1.29, 1.82) is 0 Å². The van der Waals surface area contributed by atoms with Crippen molar-refractivity contribution in [2.75, 3.05) is 20.2 Å². The lowest BCUT2D eigenvalue weighted by Gasteiger charge is -2.27. The van der Waals surface area contributed by atoms with Gasteiger partial charge in [-0.3, -0.25) is 0 Å². The van der Waals surface area contributed by atoms with Crippen molar-refractivity contribution in [3.8, 4) is 0 Å². The maximum atomic E-state index is 11.7. The van der Waals surface area contributed by atoms with Gasteiger partial charge < -0.3 is 25.2 Å². The molecule has 2 amide bonds. The van der Waals surface area contributed by atoms with Crippen molar-refractivity contribution in [2.24, 2.45) is 0 Å². The molecule has 0 aromatic rings. The highest BCUT2D eigenvalue weighted by molar-refractivity contribution is 5.76. The monoisotopic (exact) mass is 246 g/mol.